The Morgan fingerprint density at radius 1 is 0.618 bits per heavy atom. The van der Waals surface area contributed by atoms with Crippen molar-refractivity contribution in [1.82, 2.24) is 20.0 Å². The van der Waals surface area contributed by atoms with Crippen molar-refractivity contribution in [1.29, 1.82) is 0 Å². The van der Waals surface area contributed by atoms with E-state index in [1.54, 1.807) is 0 Å². The van der Waals surface area contributed by atoms with E-state index in [0.717, 1.165) is 77.4 Å². The van der Waals surface area contributed by atoms with Gasteiger partial charge in [-0.15, -0.1) is 0 Å². The minimum Gasteiger partial charge on any atom is -0.314 e. The molecule has 0 bridgehead atoms. The molecule has 0 radical (unpaired) electrons. The topological polar surface area (TPSA) is 55.9 Å². The fraction of sp³-hybridized carbons (Fsp3) is 0.929. The summed E-state index contributed by atoms with van der Waals surface area (Å²) in [6.07, 6.45) is 18.9. The van der Waals surface area contributed by atoms with E-state index < -0.39 is 5.66 Å². The van der Waals surface area contributed by atoms with Crippen LogP contribution in [0.25, 0.3) is 0 Å². The standard InChI is InChI=1S/C28H54N4O2/c1-5-9-13-17-21-28-25(29-26(33)31(28)23-19-15-11-7-3)30(22-18-14-10-6-2)27(34)32(28)24-20-16-12-8-4/h25H,5-24H2,1-4H3,(H,29,33). The van der Waals surface area contributed by atoms with Gasteiger partial charge in [0.1, 0.15) is 6.17 Å². The van der Waals surface area contributed by atoms with E-state index in [0.29, 0.717) is 0 Å². The Bertz CT molecular complexity index is 599. The highest BCUT2D eigenvalue weighted by Crippen LogP contribution is 2.43. The molecule has 1 N–H and O–H groups in total. The lowest BCUT2D eigenvalue weighted by Crippen LogP contribution is -2.60. The lowest BCUT2D eigenvalue weighted by molar-refractivity contribution is 0.0115. The van der Waals surface area contributed by atoms with Crippen LogP contribution in [0, 0.1) is 0 Å². The number of carbonyl (C=O) groups excluding carboxylic acids is 2. The van der Waals surface area contributed by atoms with Crippen molar-refractivity contribution < 1.29 is 9.59 Å². The monoisotopic (exact) mass is 478 g/mol. The van der Waals surface area contributed by atoms with Gasteiger partial charge in [-0.1, -0.05) is 105 Å². The molecule has 4 amide bonds. The van der Waals surface area contributed by atoms with E-state index >= 15 is 0 Å². The van der Waals surface area contributed by atoms with Crippen LogP contribution in [-0.4, -0.2) is 58.2 Å². The lowest BCUT2D eigenvalue weighted by Gasteiger charge is -2.43. The first-order valence-corrected chi connectivity index (χ1v) is 14.7. The Morgan fingerprint density at radius 2 is 1.09 bits per heavy atom. The molecule has 2 saturated heterocycles. The van der Waals surface area contributed by atoms with Crippen LogP contribution in [0.2, 0.25) is 0 Å². The smallest absolute Gasteiger partial charge is 0.314 e. The molecule has 2 atom stereocenters. The maximum absolute atomic E-state index is 13.8. The highest BCUT2D eigenvalue weighted by Gasteiger charge is 2.65. The number of nitrogens with zero attached hydrogens (tertiary/aromatic N) is 3. The maximum Gasteiger partial charge on any atom is 0.323 e. The van der Waals surface area contributed by atoms with Crippen LogP contribution in [-0.2, 0) is 0 Å². The molecule has 0 aromatic carbocycles. The van der Waals surface area contributed by atoms with Gasteiger partial charge in [-0.2, -0.15) is 0 Å². The average Bonchev–Trinajstić information content (AvgIpc) is 3.22. The third kappa shape index (κ3) is 7.04. The Hall–Kier alpha value is -1.46. The molecular formula is C28H54N4O2. The highest BCUT2D eigenvalue weighted by molar-refractivity contribution is 5.86. The van der Waals surface area contributed by atoms with E-state index in [9.17, 15) is 9.59 Å². The molecule has 2 fully saturated rings. The van der Waals surface area contributed by atoms with Gasteiger partial charge in [0.25, 0.3) is 0 Å². The molecule has 34 heavy (non-hydrogen) atoms. The van der Waals surface area contributed by atoms with Gasteiger partial charge in [0, 0.05) is 19.6 Å². The number of hydrogen-bond acceptors (Lipinski definition) is 2. The number of urea groups is 2. The molecule has 2 unspecified atom stereocenters. The lowest BCUT2D eigenvalue weighted by atomic mass is 9.95. The minimum absolute atomic E-state index is 0.0293. The summed E-state index contributed by atoms with van der Waals surface area (Å²) in [5.74, 6) is 0. The zero-order valence-electron chi connectivity index (χ0n) is 22.9. The Morgan fingerprint density at radius 3 is 1.62 bits per heavy atom. The zero-order valence-corrected chi connectivity index (χ0v) is 22.9. The molecule has 0 aliphatic carbocycles. The first-order valence-electron chi connectivity index (χ1n) is 14.7. The van der Waals surface area contributed by atoms with E-state index in [-0.39, 0.29) is 18.2 Å². The summed E-state index contributed by atoms with van der Waals surface area (Å²) < 4.78 is 0. The van der Waals surface area contributed by atoms with Gasteiger partial charge in [0.15, 0.2) is 5.66 Å². The van der Waals surface area contributed by atoms with Crippen LogP contribution in [0.4, 0.5) is 9.59 Å². The predicted octanol–water partition coefficient (Wildman–Crippen LogP) is 7.48. The first-order chi connectivity index (χ1) is 16.6. The van der Waals surface area contributed by atoms with Crippen molar-refractivity contribution in [3.8, 4) is 0 Å². The number of fused-ring (bicyclic) bond motifs is 1. The molecule has 2 aliphatic rings. The van der Waals surface area contributed by atoms with Crippen LogP contribution in [0.1, 0.15) is 137 Å². The summed E-state index contributed by atoms with van der Waals surface area (Å²) >= 11 is 0. The fourth-order valence-corrected chi connectivity index (χ4v) is 5.82. The quantitative estimate of drug-likeness (QED) is 0.184. The zero-order chi connectivity index (χ0) is 24.8. The molecule has 2 aliphatic heterocycles. The van der Waals surface area contributed by atoms with Gasteiger partial charge in [-0.25, -0.2) is 9.59 Å². The summed E-state index contributed by atoms with van der Waals surface area (Å²) in [4.78, 5) is 33.4. The Kier molecular flexibility index (Phi) is 13.1. The van der Waals surface area contributed by atoms with Crippen LogP contribution >= 0.6 is 0 Å². The second-order valence-corrected chi connectivity index (χ2v) is 10.5. The molecule has 0 aromatic heterocycles. The van der Waals surface area contributed by atoms with Crippen molar-refractivity contribution >= 4 is 12.1 Å². The average molecular weight is 479 g/mol. The molecule has 0 spiro atoms. The Balaban J connectivity index is 2.30. The summed E-state index contributed by atoms with van der Waals surface area (Å²) in [7, 11) is 0. The largest absolute Gasteiger partial charge is 0.323 e. The second kappa shape index (κ2) is 15.5. The molecule has 198 valence electrons. The normalized spacial score (nSPS) is 22.1. The first kappa shape index (κ1) is 28.8. The van der Waals surface area contributed by atoms with E-state index in [2.05, 4.69) is 42.8 Å². The van der Waals surface area contributed by atoms with Gasteiger partial charge < -0.3 is 5.32 Å². The van der Waals surface area contributed by atoms with Gasteiger partial charge in [-0.3, -0.25) is 14.7 Å². The van der Waals surface area contributed by atoms with Gasteiger partial charge in [0.2, 0.25) is 0 Å². The summed E-state index contributed by atoms with van der Waals surface area (Å²) in [5, 5.41) is 3.29. The number of hydrogen-bond donors (Lipinski definition) is 1. The third-order valence-electron chi connectivity index (χ3n) is 7.79. The number of carbonyl (C=O) groups is 2. The minimum atomic E-state index is -0.523. The molecular weight excluding hydrogens is 424 g/mol. The van der Waals surface area contributed by atoms with Crippen molar-refractivity contribution in [3.05, 3.63) is 0 Å². The van der Waals surface area contributed by atoms with Crippen LogP contribution in [0.15, 0.2) is 0 Å². The van der Waals surface area contributed by atoms with Crippen molar-refractivity contribution in [2.75, 3.05) is 19.6 Å². The van der Waals surface area contributed by atoms with Crippen LogP contribution < -0.4 is 5.32 Å². The molecule has 2 rings (SSSR count). The third-order valence-corrected chi connectivity index (χ3v) is 7.79. The number of amides is 4. The SMILES string of the molecule is CCCCCCN1C(=O)N(CCCCCC)C2(CCCCCC)C1NC(=O)N2CCCCCC. The van der Waals surface area contributed by atoms with Crippen molar-refractivity contribution in [2.45, 2.75) is 149 Å². The van der Waals surface area contributed by atoms with Gasteiger partial charge in [-0.05, 0) is 32.1 Å². The van der Waals surface area contributed by atoms with Crippen molar-refractivity contribution in [3.63, 3.8) is 0 Å². The van der Waals surface area contributed by atoms with E-state index in [1.165, 1.54) is 51.4 Å². The van der Waals surface area contributed by atoms with Crippen LogP contribution in [0.5, 0.6) is 0 Å². The van der Waals surface area contributed by atoms with E-state index in [4.69, 9.17) is 0 Å². The highest BCUT2D eigenvalue weighted by atomic mass is 16.2. The molecule has 0 aromatic rings. The van der Waals surface area contributed by atoms with Gasteiger partial charge in [0.05, 0.1) is 0 Å². The molecule has 0 saturated carbocycles. The molecule has 6 nitrogen and oxygen atoms in total. The number of rotatable bonds is 20. The van der Waals surface area contributed by atoms with E-state index in [1.807, 2.05) is 4.90 Å². The summed E-state index contributed by atoms with van der Waals surface area (Å²) in [6, 6.07) is 0.175. The predicted molar refractivity (Wildman–Crippen MR) is 142 cm³/mol. The van der Waals surface area contributed by atoms with Crippen molar-refractivity contribution in [2.24, 2.45) is 0 Å². The summed E-state index contributed by atoms with van der Waals surface area (Å²) in [6.45, 7) is 11.1. The summed E-state index contributed by atoms with van der Waals surface area (Å²) in [5.41, 5.74) is -0.523. The fourth-order valence-electron chi connectivity index (χ4n) is 5.82. The number of nitrogens with one attached hydrogen (secondary N) is 1. The molecule has 6 heteroatoms. The number of unbranched alkanes of at least 4 members (excludes halogenated alkanes) is 12. The van der Waals surface area contributed by atoms with Gasteiger partial charge >= 0.3 is 12.1 Å². The molecule has 2 heterocycles. The maximum atomic E-state index is 13.8. The van der Waals surface area contributed by atoms with Crippen LogP contribution in [0.3, 0.4) is 0 Å². The Labute approximate surface area is 210 Å². The second-order valence-electron chi connectivity index (χ2n) is 10.5.